The van der Waals surface area contributed by atoms with Crippen molar-refractivity contribution in [3.63, 3.8) is 0 Å². The largest absolute Gasteiger partial charge is 0.493 e. The summed E-state index contributed by atoms with van der Waals surface area (Å²) in [5.74, 6) is -0.364. The van der Waals surface area contributed by atoms with Gasteiger partial charge in [-0.1, -0.05) is 66.2 Å². The Morgan fingerprint density at radius 1 is 0.933 bits per heavy atom. The highest BCUT2D eigenvalue weighted by Gasteiger charge is 2.34. The summed E-state index contributed by atoms with van der Waals surface area (Å²) >= 11 is 13.0. The standard InChI is InChI=1S/C33H39Cl2N3O6S/c1-22-13-15-25(16-14-22)38(45(41,42)26-17-18-30(43-3)31(19-26)44-4)21-32(39)37(20-27-28(34)11-8-12-29(27)35)23(2)33(40)36-24-9-6-5-7-10-24/h8,11-19,23-24H,5-7,9-10,20-21H2,1-4H3,(H,36,40)/t23-/m0/s1. The molecular formula is C33H39Cl2N3O6S. The van der Waals surface area contributed by atoms with E-state index in [1.165, 1.54) is 37.3 Å². The predicted molar refractivity (Wildman–Crippen MR) is 177 cm³/mol. The van der Waals surface area contributed by atoms with Gasteiger partial charge in [-0.15, -0.1) is 0 Å². The summed E-state index contributed by atoms with van der Waals surface area (Å²) in [4.78, 5) is 29.0. The molecule has 0 heterocycles. The first-order valence-corrected chi connectivity index (χ1v) is 17.0. The number of nitrogens with zero attached hydrogens (tertiary/aromatic N) is 2. The van der Waals surface area contributed by atoms with E-state index in [0.717, 1.165) is 42.0 Å². The maximum absolute atomic E-state index is 14.3. The van der Waals surface area contributed by atoms with Crippen LogP contribution in [0.5, 0.6) is 11.5 Å². The molecule has 0 radical (unpaired) electrons. The zero-order valence-electron chi connectivity index (χ0n) is 25.9. The van der Waals surface area contributed by atoms with E-state index >= 15 is 0 Å². The summed E-state index contributed by atoms with van der Waals surface area (Å²) < 4.78 is 40.1. The van der Waals surface area contributed by atoms with Crippen LogP contribution in [0.15, 0.2) is 65.6 Å². The van der Waals surface area contributed by atoms with Crippen LogP contribution < -0.4 is 19.1 Å². The molecule has 1 N–H and O–H groups in total. The zero-order valence-corrected chi connectivity index (χ0v) is 28.2. The van der Waals surface area contributed by atoms with Gasteiger partial charge in [-0.2, -0.15) is 0 Å². The molecule has 3 aromatic carbocycles. The Bertz CT molecular complexity index is 1590. The molecule has 1 aliphatic rings. The Labute approximate surface area is 275 Å². The van der Waals surface area contributed by atoms with E-state index in [9.17, 15) is 18.0 Å². The predicted octanol–water partition coefficient (Wildman–Crippen LogP) is 6.38. The Morgan fingerprint density at radius 3 is 2.16 bits per heavy atom. The summed E-state index contributed by atoms with van der Waals surface area (Å²) in [6, 6.07) is 15.1. The Hall–Kier alpha value is -3.47. The molecule has 1 atom stereocenters. The molecule has 1 fully saturated rings. The normalized spacial score (nSPS) is 14.4. The van der Waals surface area contributed by atoms with Crippen molar-refractivity contribution in [1.29, 1.82) is 0 Å². The maximum atomic E-state index is 14.3. The first kappa shape index (κ1) is 34.4. The van der Waals surface area contributed by atoms with Gasteiger partial charge in [-0.25, -0.2) is 8.42 Å². The zero-order chi connectivity index (χ0) is 32.7. The molecule has 1 saturated carbocycles. The van der Waals surface area contributed by atoms with Crippen molar-refractivity contribution in [2.45, 2.75) is 69.5 Å². The van der Waals surface area contributed by atoms with Crippen molar-refractivity contribution < 1.29 is 27.5 Å². The van der Waals surface area contributed by atoms with Crippen LogP contribution in [0.1, 0.15) is 50.2 Å². The molecule has 2 amide bonds. The molecule has 4 rings (SSSR count). The van der Waals surface area contributed by atoms with E-state index in [-0.39, 0.29) is 34.8 Å². The van der Waals surface area contributed by atoms with Gasteiger partial charge in [-0.3, -0.25) is 13.9 Å². The summed E-state index contributed by atoms with van der Waals surface area (Å²) in [6.45, 7) is 2.81. The number of benzene rings is 3. The van der Waals surface area contributed by atoms with Crippen molar-refractivity contribution in [3.05, 3.63) is 81.8 Å². The van der Waals surface area contributed by atoms with Crippen molar-refractivity contribution in [3.8, 4) is 11.5 Å². The Balaban J connectivity index is 1.73. The van der Waals surface area contributed by atoms with Gasteiger partial charge in [0.1, 0.15) is 12.6 Å². The van der Waals surface area contributed by atoms with Gasteiger partial charge in [0.15, 0.2) is 11.5 Å². The summed E-state index contributed by atoms with van der Waals surface area (Å²) in [6.07, 6.45) is 4.91. The number of methoxy groups -OCH3 is 2. The molecule has 45 heavy (non-hydrogen) atoms. The number of aryl methyl sites for hydroxylation is 1. The number of rotatable bonds is 12. The monoisotopic (exact) mass is 675 g/mol. The number of hydrogen-bond acceptors (Lipinski definition) is 6. The van der Waals surface area contributed by atoms with E-state index in [1.54, 1.807) is 49.4 Å². The first-order chi connectivity index (χ1) is 21.5. The number of halogens is 2. The fraction of sp³-hybridized carbons (Fsp3) is 0.394. The number of carbonyl (C=O) groups is 2. The van der Waals surface area contributed by atoms with E-state index < -0.39 is 28.5 Å². The van der Waals surface area contributed by atoms with E-state index in [2.05, 4.69) is 5.32 Å². The van der Waals surface area contributed by atoms with Crippen molar-refractivity contribution in [2.75, 3.05) is 25.1 Å². The number of sulfonamides is 1. The summed E-state index contributed by atoms with van der Waals surface area (Å²) in [5, 5.41) is 3.74. The van der Waals surface area contributed by atoms with Crippen molar-refractivity contribution >= 4 is 50.7 Å². The van der Waals surface area contributed by atoms with Crippen molar-refractivity contribution in [2.24, 2.45) is 0 Å². The van der Waals surface area contributed by atoms with Crippen LogP contribution in [0, 0.1) is 6.92 Å². The third kappa shape index (κ3) is 8.23. The maximum Gasteiger partial charge on any atom is 0.264 e. The fourth-order valence-corrected chi connectivity index (χ4v) is 7.30. The number of amides is 2. The number of hydrogen-bond donors (Lipinski definition) is 1. The molecule has 0 aromatic heterocycles. The minimum absolute atomic E-state index is 0.0176. The van der Waals surface area contributed by atoms with Crippen LogP contribution in [0.3, 0.4) is 0 Å². The molecule has 12 heteroatoms. The van der Waals surface area contributed by atoms with Gasteiger partial charge in [0, 0.05) is 34.3 Å². The van der Waals surface area contributed by atoms with Crippen molar-refractivity contribution in [1.82, 2.24) is 10.2 Å². The third-order valence-electron chi connectivity index (χ3n) is 8.05. The highest BCUT2D eigenvalue weighted by atomic mass is 35.5. The van der Waals surface area contributed by atoms with Gasteiger partial charge in [0.05, 0.1) is 24.8 Å². The smallest absolute Gasteiger partial charge is 0.264 e. The van der Waals surface area contributed by atoms with Crippen LogP contribution in [0.4, 0.5) is 5.69 Å². The highest BCUT2D eigenvalue weighted by Crippen LogP contribution is 2.33. The van der Waals surface area contributed by atoms with Gasteiger partial charge < -0.3 is 19.7 Å². The van der Waals surface area contributed by atoms with Gasteiger partial charge in [0.25, 0.3) is 10.0 Å². The number of ether oxygens (including phenoxy) is 2. The number of carbonyl (C=O) groups excluding carboxylic acids is 2. The van der Waals surface area contributed by atoms with Crippen LogP contribution in [0.2, 0.25) is 10.0 Å². The Kier molecular flexibility index (Phi) is 11.6. The minimum atomic E-state index is -4.31. The molecule has 3 aromatic rings. The second kappa shape index (κ2) is 15.2. The average Bonchev–Trinajstić information content (AvgIpc) is 3.03. The lowest BCUT2D eigenvalue weighted by Crippen LogP contribution is -2.53. The Morgan fingerprint density at radius 2 is 1.56 bits per heavy atom. The van der Waals surface area contributed by atoms with Crippen LogP contribution in [-0.4, -0.2) is 58.0 Å². The van der Waals surface area contributed by atoms with Gasteiger partial charge in [-0.05, 0) is 63.1 Å². The quantitative estimate of drug-likeness (QED) is 0.239. The summed E-state index contributed by atoms with van der Waals surface area (Å²) in [7, 11) is -1.45. The molecule has 0 saturated heterocycles. The SMILES string of the molecule is COc1ccc(S(=O)(=O)N(CC(=O)N(Cc2c(Cl)cccc2Cl)[C@@H](C)C(=O)NC2CCCCC2)c2ccc(C)cc2)cc1OC. The number of nitrogens with one attached hydrogen (secondary N) is 1. The van der Waals surface area contributed by atoms with Crippen LogP contribution >= 0.6 is 23.2 Å². The lowest BCUT2D eigenvalue weighted by Gasteiger charge is -2.33. The van der Waals surface area contributed by atoms with Crippen LogP contribution in [0.25, 0.3) is 0 Å². The minimum Gasteiger partial charge on any atom is -0.493 e. The van der Waals surface area contributed by atoms with Gasteiger partial charge >= 0.3 is 0 Å². The lowest BCUT2D eigenvalue weighted by atomic mass is 9.95. The lowest BCUT2D eigenvalue weighted by molar-refractivity contribution is -0.139. The summed E-state index contributed by atoms with van der Waals surface area (Å²) in [5.41, 5.74) is 1.64. The molecule has 0 bridgehead atoms. The first-order valence-electron chi connectivity index (χ1n) is 14.8. The number of anilines is 1. The molecule has 242 valence electrons. The molecule has 0 unspecified atom stereocenters. The van der Waals surface area contributed by atoms with E-state index in [4.69, 9.17) is 32.7 Å². The third-order valence-corrected chi connectivity index (χ3v) is 10.5. The fourth-order valence-electron chi connectivity index (χ4n) is 5.35. The molecule has 9 nitrogen and oxygen atoms in total. The van der Waals surface area contributed by atoms with Gasteiger partial charge in [0.2, 0.25) is 11.8 Å². The second-order valence-corrected chi connectivity index (χ2v) is 13.8. The molecule has 0 spiro atoms. The molecule has 1 aliphatic carbocycles. The topological polar surface area (TPSA) is 105 Å². The van der Waals surface area contributed by atoms with Crippen LogP contribution in [-0.2, 0) is 26.2 Å². The molecule has 0 aliphatic heterocycles. The van der Waals surface area contributed by atoms with E-state index in [1.807, 2.05) is 6.92 Å². The highest BCUT2D eigenvalue weighted by molar-refractivity contribution is 7.92. The average molecular weight is 677 g/mol. The molecular weight excluding hydrogens is 637 g/mol. The second-order valence-electron chi connectivity index (χ2n) is 11.1. The van der Waals surface area contributed by atoms with E-state index in [0.29, 0.717) is 21.4 Å².